The zero-order valence-corrected chi connectivity index (χ0v) is 14.9. The van der Waals surface area contributed by atoms with Gasteiger partial charge < -0.3 is 10.6 Å². The highest BCUT2D eigenvalue weighted by molar-refractivity contribution is 5.95. The molecule has 7 heteroatoms. The van der Waals surface area contributed by atoms with Crippen LogP contribution in [0.1, 0.15) is 44.1 Å². The maximum absolute atomic E-state index is 13.9. The van der Waals surface area contributed by atoms with Gasteiger partial charge in [-0.15, -0.1) is 0 Å². The Kier molecular flexibility index (Phi) is 3.47. The first-order valence-electron chi connectivity index (χ1n) is 9.56. The molecular weight excluding hydrogens is 355 g/mol. The number of halogens is 3. The van der Waals surface area contributed by atoms with Gasteiger partial charge in [-0.3, -0.25) is 4.79 Å². The molecule has 0 spiro atoms. The fourth-order valence-corrected chi connectivity index (χ4v) is 6.33. The summed E-state index contributed by atoms with van der Waals surface area (Å²) in [6.07, 6.45) is 2.26. The third kappa shape index (κ3) is 2.65. The summed E-state index contributed by atoms with van der Waals surface area (Å²) in [6.45, 7) is 0. The largest absolute Gasteiger partial charge is 0.394 e. The Morgan fingerprint density at radius 2 is 1.96 bits per heavy atom. The summed E-state index contributed by atoms with van der Waals surface area (Å²) in [5.74, 6) is 0.601. The van der Waals surface area contributed by atoms with E-state index in [4.69, 9.17) is 0 Å². The lowest BCUT2D eigenvalue weighted by molar-refractivity contribution is -0.278. The standard InChI is InChI=1S/C20H22F3N3O/c21-20(22,23)18-6-12-4-13(7-18)9-19(8-12,11-18)26-17(27)15-5-14-2-1-3-24-16(14)25-10-15/h1-3,10,12-13H,4-9,11H2,(H,24,25)(H,26,27). The Bertz CT molecular complexity index is 818. The van der Waals surface area contributed by atoms with Crippen molar-refractivity contribution in [3.63, 3.8) is 0 Å². The van der Waals surface area contributed by atoms with E-state index in [0.29, 0.717) is 24.8 Å². The normalized spacial score (nSPS) is 36.6. The van der Waals surface area contributed by atoms with Crippen LogP contribution in [-0.4, -0.2) is 22.6 Å². The molecule has 2 unspecified atom stereocenters. The molecule has 27 heavy (non-hydrogen) atoms. The van der Waals surface area contributed by atoms with Crippen LogP contribution < -0.4 is 10.6 Å². The van der Waals surface area contributed by atoms with E-state index in [1.54, 1.807) is 12.4 Å². The summed E-state index contributed by atoms with van der Waals surface area (Å²) in [5.41, 5.74) is -0.859. The summed E-state index contributed by atoms with van der Waals surface area (Å²) in [4.78, 5) is 17.1. The van der Waals surface area contributed by atoms with E-state index in [1.165, 1.54) is 0 Å². The highest BCUT2D eigenvalue weighted by atomic mass is 19.4. The topological polar surface area (TPSA) is 54.0 Å². The molecule has 4 bridgehead atoms. The average molecular weight is 377 g/mol. The molecule has 2 N–H and O–H groups in total. The van der Waals surface area contributed by atoms with Crippen molar-refractivity contribution in [2.45, 2.75) is 56.7 Å². The number of anilines is 1. The van der Waals surface area contributed by atoms with Crippen LogP contribution in [0.4, 0.5) is 19.0 Å². The van der Waals surface area contributed by atoms with Gasteiger partial charge in [0.1, 0.15) is 5.82 Å². The molecule has 0 radical (unpaired) electrons. The molecule has 4 saturated carbocycles. The van der Waals surface area contributed by atoms with Gasteiger partial charge in [0, 0.05) is 29.9 Å². The Labute approximate surface area is 155 Å². The zero-order chi connectivity index (χ0) is 18.9. The first-order valence-corrected chi connectivity index (χ1v) is 9.56. The van der Waals surface area contributed by atoms with Crippen molar-refractivity contribution in [3.8, 4) is 0 Å². The second kappa shape index (κ2) is 5.49. The van der Waals surface area contributed by atoms with Gasteiger partial charge >= 0.3 is 6.18 Å². The van der Waals surface area contributed by atoms with E-state index in [0.717, 1.165) is 17.8 Å². The lowest BCUT2D eigenvalue weighted by atomic mass is 9.46. The van der Waals surface area contributed by atoms with Gasteiger partial charge in [-0.25, -0.2) is 4.98 Å². The minimum absolute atomic E-state index is 0.0289. The number of carbonyl (C=O) groups excluding carboxylic acids is 1. The van der Waals surface area contributed by atoms with Crippen molar-refractivity contribution in [2.24, 2.45) is 17.3 Å². The molecular formula is C20H22F3N3O. The summed E-state index contributed by atoms with van der Waals surface area (Å²) in [6, 6.07) is 3.71. The first-order chi connectivity index (χ1) is 12.8. The summed E-state index contributed by atoms with van der Waals surface area (Å²) >= 11 is 0. The van der Waals surface area contributed by atoms with Crippen molar-refractivity contribution in [1.82, 2.24) is 10.3 Å². The molecule has 1 amide bonds. The minimum Gasteiger partial charge on any atom is -0.347 e. The maximum atomic E-state index is 13.9. The molecule has 1 aromatic rings. The molecule has 0 saturated heterocycles. The number of aromatic nitrogens is 1. The van der Waals surface area contributed by atoms with Gasteiger partial charge in [0.2, 0.25) is 5.91 Å². The van der Waals surface area contributed by atoms with Crippen molar-refractivity contribution in [2.75, 3.05) is 5.32 Å². The minimum atomic E-state index is -4.20. The molecule has 4 aliphatic carbocycles. The van der Waals surface area contributed by atoms with E-state index < -0.39 is 17.1 Å². The number of rotatable bonds is 2. The number of hydrogen-bond donors (Lipinski definition) is 2. The van der Waals surface area contributed by atoms with Crippen LogP contribution in [0.2, 0.25) is 0 Å². The highest BCUT2D eigenvalue weighted by Crippen LogP contribution is 2.66. The van der Waals surface area contributed by atoms with Gasteiger partial charge in [0.05, 0.1) is 5.41 Å². The van der Waals surface area contributed by atoms with Crippen LogP contribution in [0.25, 0.3) is 0 Å². The Morgan fingerprint density at radius 3 is 2.67 bits per heavy atom. The third-order valence-electron chi connectivity index (χ3n) is 6.99. The molecule has 0 aromatic carbocycles. The monoisotopic (exact) mass is 377 g/mol. The molecule has 1 aliphatic heterocycles. The van der Waals surface area contributed by atoms with Crippen molar-refractivity contribution < 1.29 is 18.0 Å². The second-order valence-corrected chi connectivity index (χ2v) is 8.98. The van der Waals surface area contributed by atoms with Crippen LogP contribution >= 0.6 is 0 Å². The molecule has 1 aromatic heterocycles. The van der Waals surface area contributed by atoms with Crippen LogP contribution in [0, 0.1) is 17.3 Å². The van der Waals surface area contributed by atoms with Crippen molar-refractivity contribution >= 4 is 11.7 Å². The number of fused-ring (bicyclic) bond motifs is 1. The lowest BCUT2D eigenvalue weighted by Gasteiger charge is -2.62. The van der Waals surface area contributed by atoms with E-state index in [-0.39, 0.29) is 37.0 Å². The molecule has 2 heterocycles. The Morgan fingerprint density at radius 1 is 1.22 bits per heavy atom. The fourth-order valence-electron chi connectivity index (χ4n) is 6.33. The number of pyridine rings is 1. The van der Waals surface area contributed by atoms with Crippen LogP contribution in [0.5, 0.6) is 0 Å². The lowest BCUT2D eigenvalue weighted by Crippen LogP contribution is -2.66. The smallest absolute Gasteiger partial charge is 0.347 e. The first kappa shape index (κ1) is 17.1. The van der Waals surface area contributed by atoms with E-state index in [9.17, 15) is 18.0 Å². The quantitative estimate of drug-likeness (QED) is 0.821. The van der Waals surface area contributed by atoms with E-state index in [2.05, 4.69) is 15.6 Å². The SMILES string of the molecule is O=C(NC12CC3CC(C1)CC(C(F)(F)F)(C3)C2)C1=CNc2ncccc2C1. The summed E-state index contributed by atoms with van der Waals surface area (Å²) in [5, 5.41) is 6.07. The Hall–Kier alpha value is -2.05. The number of hydrogen-bond acceptors (Lipinski definition) is 3. The molecule has 4 nitrogen and oxygen atoms in total. The predicted molar refractivity (Wildman–Crippen MR) is 93.7 cm³/mol. The fraction of sp³-hybridized carbons (Fsp3) is 0.600. The number of nitrogens with one attached hydrogen (secondary N) is 2. The van der Waals surface area contributed by atoms with Crippen molar-refractivity contribution in [1.29, 1.82) is 0 Å². The van der Waals surface area contributed by atoms with Gasteiger partial charge in [-0.2, -0.15) is 13.2 Å². The zero-order valence-electron chi connectivity index (χ0n) is 14.9. The number of alkyl halides is 3. The second-order valence-electron chi connectivity index (χ2n) is 8.98. The van der Waals surface area contributed by atoms with Gasteiger partial charge in [0.15, 0.2) is 0 Å². The van der Waals surface area contributed by atoms with E-state index >= 15 is 0 Å². The predicted octanol–water partition coefficient (Wildman–Crippen LogP) is 3.95. The van der Waals surface area contributed by atoms with Crippen LogP contribution in [0.15, 0.2) is 30.1 Å². The van der Waals surface area contributed by atoms with Crippen molar-refractivity contribution in [3.05, 3.63) is 35.7 Å². The summed E-state index contributed by atoms with van der Waals surface area (Å²) < 4.78 is 41.7. The maximum Gasteiger partial charge on any atom is 0.394 e. The molecule has 5 aliphatic rings. The summed E-state index contributed by atoms with van der Waals surface area (Å²) in [7, 11) is 0. The molecule has 144 valence electrons. The van der Waals surface area contributed by atoms with Crippen LogP contribution in [-0.2, 0) is 11.2 Å². The van der Waals surface area contributed by atoms with E-state index in [1.807, 2.05) is 12.1 Å². The average Bonchev–Trinajstić information content (AvgIpc) is 2.59. The van der Waals surface area contributed by atoms with Gasteiger partial charge in [0.25, 0.3) is 0 Å². The molecule has 4 fully saturated rings. The van der Waals surface area contributed by atoms with Gasteiger partial charge in [-0.05, 0) is 62.0 Å². The Balaban J connectivity index is 1.38. The highest BCUT2D eigenvalue weighted by Gasteiger charge is 2.67. The number of carbonyl (C=O) groups is 1. The molecule has 6 rings (SSSR count). The molecule has 2 atom stereocenters. The van der Waals surface area contributed by atoms with Crippen LogP contribution in [0.3, 0.4) is 0 Å². The number of nitrogens with zero attached hydrogens (tertiary/aromatic N) is 1. The third-order valence-corrected chi connectivity index (χ3v) is 6.99. The number of amides is 1. The van der Waals surface area contributed by atoms with Gasteiger partial charge in [-0.1, -0.05) is 6.07 Å².